The first-order valence-corrected chi connectivity index (χ1v) is 6.06. The Balaban J connectivity index is 1.93. The van der Waals surface area contributed by atoms with Crippen LogP contribution >= 0.6 is 0 Å². The van der Waals surface area contributed by atoms with E-state index in [1.54, 1.807) is 5.01 Å². The summed E-state index contributed by atoms with van der Waals surface area (Å²) in [5.41, 5.74) is 2.97. The number of amides is 1. The Hall–Kier alpha value is -1.80. The third kappa shape index (κ3) is 4.39. The van der Waals surface area contributed by atoms with Crippen molar-refractivity contribution in [3.05, 3.63) is 29.8 Å². The van der Waals surface area contributed by atoms with Crippen LogP contribution in [0.25, 0.3) is 0 Å². The molecule has 0 aliphatic carbocycles. The summed E-state index contributed by atoms with van der Waals surface area (Å²) in [6.07, 6.45) is -4.73. The van der Waals surface area contributed by atoms with E-state index < -0.39 is 6.36 Å². The van der Waals surface area contributed by atoms with Gasteiger partial charge in [-0.3, -0.25) is 10.2 Å². The van der Waals surface area contributed by atoms with Gasteiger partial charge in [0.2, 0.25) is 0 Å². The monoisotopic (exact) mass is 289 g/mol. The molecule has 1 saturated heterocycles. The molecule has 2 rings (SSSR count). The Morgan fingerprint density at radius 2 is 1.80 bits per heavy atom. The molecule has 1 aliphatic heterocycles. The first-order chi connectivity index (χ1) is 9.44. The van der Waals surface area contributed by atoms with Crippen LogP contribution in [-0.2, 0) is 0 Å². The van der Waals surface area contributed by atoms with E-state index in [-0.39, 0.29) is 17.2 Å². The number of benzene rings is 1. The molecule has 1 heterocycles. The lowest BCUT2D eigenvalue weighted by Gasteiger charge is -2.27. The van der Waals surface area contributed by atoms with Gasteiger partial charge in [-0.2, -0.15) is 0 Å². The molecule has 2 N–H and O–H groups in total. The standard InChI is InChI=1S/C12H14F3N3O2/c13-12(14,15)20-10-3-1-9(2-4-10)11(19)17-18-7-5-16-6-8-18/h1-4,16H,5-8H2,(H,17,19). The van der Waals surface area contributed by atoms with Crippen LogP contribution in [0.2, 0.25) is 0 Å². The Morgan fingerprint density at radius 3 is 2.35 bits per heavy atom. The smallest absolute Gasteiger partial charge is 0.406 e. The van der Waals surface area contributed by atoms with Gasteiger partial charge in [-0.25, -0.2) is 5.01 Å². The number of hydrogen-bond donors (Lipinski definition) is 2. The molecular formula is C12H14F3N3O2. The largest absolute Gasteiger partial charge is 0.573 e. The van der Waals surface area contributed by atoms with Crippen molar-refractivity contribution in [3.63, 3.8) is 0 Å². The first-order valence-electron chi connectivity index (χ1n) is 6.06. The molecular weight excluding hydrogens is 275 g/mol. The van der Waals surface area contributed by atoms with Gasteiger partial charge in [-0.15, -0.1) is 13.2 Å². The van der Waals surface area contributed by atoms with E-state index in [1.807, 2.05) is 0 Å². The van der Waals surface area contributed by atoms with Crippen molar-refractivity contribution < 1.29 is 22.7 Å². The normalized spacial score (nSPS) is 16.8. The fourth-order valence-electron chi connectivity index (χ4n) is 1.79. The van der Waals surface area contributed by atoms with Crippen LogP contribution < -0.4 is 15.5 Å². The van der Waals surface area contributed by atoms with Gasteiger partial charge in [0.15, 0.2) is 0 Å². The van der Waals surface area contributed by atoms with Crippen molar-refractivity contribution in [3.8, 4) is 5.75 Å². The van der Waals surface area contributed by atoms with E-state index >= 15 is 0 Å². The summed E-state index contributed by atoms with van der Waals surface area (Å²) in [5, 5.41) is 4.90. The third-order valence-electron chi connectivity index (χ3n) is 2.73. The summed E-state index contributed by atoms with van der Waals surface area (Å²) < 4.78 is 39.7. The molecule has 0 bridgehead atoms. The second-order valence-corrected chi connectivity index (χ2v) is 4.25. The molecule has 110 valence electrons. The second-order valence-electron chi connectivity index (χ2n) is 4.25. The van der Waals surface area contributed by atoms with E-state index in [1.165, 1.54) is 12.1 Å². The van der Waals surface area contributed by atoms with Crippen LogP contribution in [0.4, 0.5) is 13.2 Å². The van der Waals surface area contributed by atoms with Crippen LogP contribution in [0.1, 0.15) is 10.4 Å². The average Bonchev–Trinajstić information content (AvgIpc) is 2.39. The molecule has 5 nitrogen and oxygen atoms in total. The van der Waals surface area contributed by atoms with Crippen LogP contribution in [-0.4, -0.2) is 43.5 Å². The lowest BCUT2D eigenvalue weighted by molar-refractivity contribution is -0.274. The van der Waals surface area contributed by atoms with Crippen molar-refractivity contribution in [1.29, 1.82) is 0 Å². The number of hydrazine groups is 1. The number of piperazine rings is 1. The highest BCUT2D eigenvalue weighted by molar-refractivity contribution is 5.93. The highest BCUT2D eigenvalue weighted by Crippen LogP contribution is 2.22. The van der Waals surface area contributed by atoms with Crippen LogP contribution in [0.5, 0.6) is 5.75 Å². The number of carbonyl (C=O) groups is 1. The van der Waals surface area contributed by atoms with Crippen LogP contribution in [0, 0.1) is 0 Å². The minimum Gasteiger partial charge on any atom is -0.406 e. The zero-order valence-electron chi connectivity index (χ0n) is 10.5. The van der Waals surface area contributed by atoms with Gasteiger partial charge in [-0.1, -0.05) is 0 Å². The fraction of sp³-hybridized carbons (Fsp3) is 0.417. The van der Waals surface area contributed by atoms with Crippen molar-refractivity contribution in [2.75, 3.05) is 26.2 Å². The molecule has 0 atom stereocenters. The maximum absolute atomic E-state index is 12.0. The van der Waals surface area contributed by atoms with Crippen molar-refractivity contribution in [2.45, 2.75) is 6.36 Å². The predicted molar refractivity (Wildman–Crippen MR) is 65.0 cm³/mol. The number of ether oxygens (including phenoxy) is 1. The third-order valence-corrected chi connectivity index (χ3v) is 2.73. The summed E-state index contributed by atoms with van der Waals surface area (Å²) in [4.78, 5) is 11.9. The maximum Gasteiger partial charge on any atom is 0.573 e. The van der Waals surface area contributed by atoms with Gasteiger partial charge in [-0.05, 0) is 24.3 Å². The molecule has 0 unspecified atom stereocenters. The van der Waals surface area contributed by atoms with E-state index in [0.717, 1.165) is 25.2 Å². The van der Waals surface area contributed by atoms with Gasteiger partial charge in [0.05, 0.1) is 0 Å². The number of carbonyl (C=O) groups excluding carboxylic acids is 1. The van der Waals surface area contributed by atoms with E-state index in [0.29, 0.717) is 13.1 Å². The molecule has 1 aliphatic rings. The predicted octanol–water partition coefficient (Wildman–Crippen LogP) is 1.14. The molecule has 1 amide bonds. The number of nitrogens with zero attached hydrogens (tertiary/aromatic N) is 1. The SMILES string of the molecule is O=C(NN1CCNCC1)c1ccc(OC(F)(F)F)cc1. The Kier molecular flexibility index (Phi) is 4.46. The molecule has 1 aromatic carbocycles. The number of halogens is 3. The number of hydrogen-bond acceptors (Lipinski definition) is 4. The van der Waals surface area contributed by atoms with Gasteiger partial charge < -0.3 is 10.1 Å². The first kappa shape index (κ1) is 14.6. The van der Waals surface area contributed by atoms with Crippen molar-refractivity contribution in [2.24, 2.45) is 0 Å². The second kappa shape index (κ2) is 6.10. The van der Waals surface area contributed by atoms with Crippen molar-refractivity contribution >= 4 is 5.91 Å². The molecule has 1 fully saturated rings. The number of rotatable bonds is 3. The van der Waals surface area contributed by atoms with Crippen LogP contribution in [0.3, 0.4) is 0 Å². The summed E-state index contributed by atoms with van der Waals surface area (Å²) in [5.74, 6) is -0.707. The molecule has 0 spiro atoms. The number of alkyl halides is 3. The molecule has 0 aromatic heterocycles. The van der Waals surface area contributed by atoms with E-state index in [4.69, 9.17) is 0 Å². The van der Waals surface area contributed by atoms with Crippen LogP contribution in [0.15, 0.2) is 24.3 Å². The molecule has 0 saturated carbocycles. The average molecular weight is 289 g/mol. The highest BCUT2D eigenvalue weighted by Gasteiger charge is 2.31. The summed E-state index contributed by atoms with van der Waals surface area (Å²) in [6, 6.07) is 4.80. The quantitative estimate of drug-likeness (QED) is 0.876. The molecule has 20 heavy (non-hydrogen) atoms. The minimum atomic E-state index is -4.73. The van der Waals surface area contributed by atoms with Gasteiger partial charge in [0, 0.05) is 31.7 Å². The zero-order valence-corrected chi connectivity index (χ0v) is 10.5. The van der Waals surface area contributed by atoms with E-state index in [2.05, 4.69) is 15.5 Å². The lowest BCUT2D eigenvalue weighted by atomic mass is 10.2. The Morgan fingerprint density at radius 1 is 1.20 bits per heavy atom. The molecule has 0 radical (unpaired) electrons. The van der Waals surface area contributed by atoms with Gasteiger partial charge >= 0.3 is 6.36 Å². The minimum absolute atomic E-state index is 0.276. The maximum atomic E-state index is 12.0. The topological polar surface area (TPSA) is 53.6 Å². The summed E-state index contributed by atoms with van der Waals surface area (Å²) in [7, 11) is 0. The Bertz CT molecular complexity index is 456. The summed E-state index contributed by atoms with van der Waals surface area (Å²) in [6.45, 7) is 2.92. The highest BCUT2D eigenvalue weighted by atomic mass is 19.4. The lowest BCUT2D eigenvalue weighted by Crippen LogP contribution is -2.52. The molecule has 8 heteroatoms. The summed E-state index contributed by atoms with van der Waals surface area (Å²) >= 11 is 0. The zero-order chi connectivity index (χ0) is 14.6. The van der Waals surface area contributed by atoms with E-state index in [9.17, 15) is 18.0 Å². The van der Waals surface area contributed by atoms with Crippen molar-refractivity contribution in [1.82, 2.24) is 15.8 Å². The van der Waals surface area contributed by atoms with Gasteiger partial charge in [0.1, 0.15) is 5.75 Å². The fourth-order valence-corrected chi connectivity index (χ4v) is 1.79. The molecule has 1 aromatic rings. The Labute approximate surface area is 113 Å². The number of nitrogens with one attached hydrogen (secondary N) is 2. The van der Waals surface area contributed by atoms with Gasteiger partial charge in [0.25, 0.3) is 5.91 Å².